The SMILES string of the molecule is C1=C\CCCC\C=C/1.Cc1cc(C)c(N2C=CN(Cc3ccc(C(=O)Oc4c(F)c(F)c(F)c(F)c4F)cc3)C2)c(C)c1.[Rh]. The van der Waals surface area contributed by atoms with Crippen LogP contribution in [-0.4, -0.2) is 17.5 Å². The first-order valence-electron chi connectivity index (χ1n) is 14.0. The number of halogens is 5. The van der Waals surface area contributed by atoms with Gasteiger partial charge < -0.3 is 14.5 Å². The Morgan fingerprint density at radius 2 is 1.30 bits per heavy atom. The van der Waals surface area contributed by atoms with Crippen molar-refractivity contribution in [1.29, 1.82) is 0 Å². The van der Waals surface area contributed by atoms with Crippen LogP contribution in [-0.2, 0) is 26.0 Å². The Morgan fingerprint density at radius 3 is 1.84 bits per heavy atom. The number of rotatable bonds is 5. The Balaban J connectivity index is 0.000000511. The molecule has 1 aliphatic carbocycles. The Hall–Kier alpha value is -3.78. The average Bonchev–Trinajstić information content (AvgIpc) is 3.40. The Bertz CT molecular complexity index is 1500. The second kappa shape index (κ2) is 15.8. The van der Waals surface area contributed by atoms with E-state index in [0.717, 1.165) is 11.3 Å². The van der Waals surface area contributed by atoms with Crippen molar-refractivity contribution >= 4 is 11.7 Å². The van der Waals surface area contributed by atoms with Gasteiger partial charge in [-0.2, -0.15) is 8.78 Å². The first kappa shape index (κ1) is 34.7. The van der Waals surface area contributed by atoms with Gasteiger partial charge in [0.25, 0.3) is 0 Å². The van der Waals surface area contributed by atoms with Gasteiger partial charge in [-0.3, -0.25) is 0 Å². The Kier molecular flexibility index (Phi) is 12.5. The van der Waals surface area contributed by atoms with E-state index >= 15 is 0 Å². The number of ether oxygens (including phenoxy) is 1. The molecule has 235 valence electrons. The molecule has 1 radical (unpaired) electrons. The van der Waals surface area contributed by atoms with Crippen LogP contribution in [0.1, 0.15) is 58.3 Å². The molecule has 44 heavy (non-hydrogen) atoms. The number of nitrogens with zero attached hydrogens (tertiary/aromatic N) is 2. The number of anilines is 1. The fourth-order valence-corrected chi connectivity index (χ4v) is 5.02. The molecule has 0 spiro atoms. The molecule has 3 aromatic rings. The summed E-state index contributed by atoms with van der Waals surface area (Å²) in [6, 6.07) is 10.2. The van der Waals surface area contributed by atoms with Crippen LogP contribution in [0.4, 0.5) is 27.6 Å². The van der Waals surface area contributed by atoms with Crippen LogP contribution in [0.15, 0.2) is 73.1 Å². The van der Waals surface area contributed by atoms with E-state index in [9.17, 15) is 26.7 Å². The zero-order valence-corrected chi connectivity index (χ0v) is 26.2. The summed E-state index contributed by atoms with van der Waals surface area (Å²) in [4.78, 5) is 16.4. The fourth-order valence-electron chi connectivity index (χ4n) is 5.02. The molecular formula is C34H33F5N2O2Rh. The predicted molar refractivity (Wildman–Crippen MR) is 157 cm³/mol. The van der Waals surface area contributed by atoms with Crippen molar-refractivity contribution in [3.63, 3.8) is 0 Å². The quantitative estimate of drug-likeness (QED) is 0.0665. The van der Waals surface area contributed by atoms with Crippen LogP contribution in [0, 0.1) is 49.9 Å². The van der Waals surface area contributed by atoms with Gasteiger partial charge in [-0.1, -0.05) is 54.1 Å². The number of allylic oxidation sites excluding steroid dienone is 4. The Labute approximate surface area is 267 Å². The third-order valence-corrected chi connectivity index (χ3v) is 7.03. The van der Waals surface area contributed by atoms with E-state index in [1.165, 1.54) is 54.5 Å². The molecule has 0 aromatic heterocycles. The molecule has 0 fully saturated rings. The maximum Gasteiger partial charge on any atom is 0.343 e. The van der Waals surface area contributed by atoms with E-state index in [1.54, 1.807) is 12.1 Å². The van der Waals surface area contributed by atoms with Gasteiger partial charge in [0, 0.05) is 44.1 Å². The summed E-state index contributed by atoms with van der Waals surface area (Å²) in [7, 11) is 0. The van der Waals surface area contributed by atoms with Gasteiger partial charge in [-0.15, -0.1) is 0 Å². The molecule has 10 heteroatoms. The smallest absolute Gasteiger partial charge is 0.343 e. The molecule has 0 saturated heterocycles. The van der Waals surface area contributed by atoms with Crippen molar-refractivity contribution in [2.45, 2.75) is 53.0 Å². The number of benzene rings is 3. The van der Waals surface area contributed by atoms with E-state index in [1.807, 2.05) is 12.4 Å². The average molecular weight is 700 g/mol. The number of carbonyl (C=O) groups is 1. The van der Waals surface area contributed by atoms with Crippen LogP contribution in [0.3, 0.4) is 0 Å². The summed E-state index contributed by atoms with van der Waals surface area (Å²) in [5.74, 6) is -14.0. The molecule has 0 bridgehead atoms. The molecule has 3 aromatic carbocycles. The number of esters is 1. The largest absolute Gasteiger partial charge is 0.416 e. The number of hydrogen-bond donors (Lipinski definition) is 0. The zero-order valence-electron chi connectivity index (χ0n) is 24.6. The van der Waals surface area contributed by atoms with Gasteiger partial charge in [-0.25, -0.2) is 18.0 Å². The van der Waals surface area contributed by atoms with Gasteiger partial charge in [0.2, 0.25) is 34.8 Å². The van der Waals surface area contributed by atoms with Crippen LogP contribution in [0.2, 0.25) is 0 Å². The zero-order chi connectivity index (χ0) is 31.1. The summed E-state index contributed by atoms with van der Waals surface area (Å²) in [6.07, 6.45) is 17.9. The van der Waals surface area contributed by atoms with Crippen molar-refractivity contribution in [3.8, 4) is 5.75 Å². The van der Waals surface area contributed by atoms with Crippen molar-refractivity contribution in [3.05, 3.63) is 130 Å². The number of carbonyl (C=O) groups excluding carboxylic acids is 1. The van der Waals surface area contributed by atoms with E-state index < -0.39 is 40.8 Å². The molecule has 5 rings (SSSR count). The first-order chi connectivity index (χ1) is 20.6. The molecule has 1 aliphatic heterocycles. The summed E-state index contributed by atoms with van der Waals surface area (Å²) in [6.45, 7) is 7.32. The van der Waals surface area contributed by atoms with Crippen molar-refractivity contribution in [2.75, 3.05) is 11.6 Å². The maximum atomic E-state index is 13.8. The maximum absolute atomic E-state index is 13.8. The number of hydrogen-bond acceptors (Lipinski definition) is 4. The molecule has 0 N–H and O–H groups in total. The molecule has 4 nitrogen and oxygen atoms in total. The summed E-state index contributed by atoms with van der Waals surface area (Å²) < 4.78 is 71.9. The van der Waals surface area contributed by atoms with Gasteiger partial charge in [-0.05, 0) is 75.3 Å². The third-order valence-electron chi connectivity index (χ3n) is 7.03. The minimum Gasteiger partial charge on any atom is -0.416 e. The topological polar surface area (TPSA) is 32.8 Å². The van der Waals surface area contributed by atoms with E-state index in [-0.39, 0.29) is 25.0 Å². The Morgan fingerprint density at radius 1 is 0.773 bits per heavy atom. The molecular weight excluding hydrogens is 666 g/mol. The summed E-state index contributed by atoms with van der Waals surface area (Å²) in [5.41, 5.74) is 5.41. The molecule has 1 heterocycles. The summed E-state index contributed by atoms with van der Waals surface area (Å²) in [5, 5.41) is 0. The van der Waals surface area contributed by atoms with Crippen LogP contribution in [0.5, 0.6) is 5.75 Å². The standard InChI is InChI=1S/C26H21F5N2O2.C8H12.Rh/c1-14-10-15(2)24(16(3)11-14)33-9-8-32(13-33)12-17-4-6-18(7-5-17)26(34)35-25-22(30)20(28)19(27)21(29)23(25)31;1-2-4-6-8-7-5-3-1;/h4-11H,12-13H2,1-3H3;1-4H,5-8H2;/b;3-1-,4-2-;. The predicted octanol–water partition coefficient (Wildman–Crippen LogP) is 8.95. The van der Waals surface area contributed by atoms with Crippen LogP contribution < -0.4 is 9.64 Å². The van der Waals surface area contributed by atoms with Gasteiger partial charge in [0.1, 0.15) is 0 Å². The molecule has 0 atom stereocenters. The van der Waals surface area contributed by atoms with Crippen LogP contribution >= 0.6 is 0 Å². The molecule has 0 saturated carbocycles. The molecule has 0 unspecified atom stereocenters. The molecule has 2 aliphatic rings. The first-order valence-corrected chi connectivity index (χ1v) is 14.0. The summed E-state index contributed by atoms with van der Waals surface area (Å²) >= 11 is 0. The second-order valence-electron chi connectivity index (χ2n) is 10.5. The van der Waals surface area contributed by atoms with Crippen molar-refractivity contribution in [2.24, 2.45) is 0 Å². The normalized spacial score (nSPS) is 15.5. The monoisotopic (exact) mass is 699 g/mol. The second-order valence-corrected chi connectivity index (χ2v) is 10.5. The van der Waals surface area contributed by atoms with Crippen molar-refractivity contribution in [1.82, 2.24) is 4.90 Å². The third kappa shape index (κ3) is 8.44. The number of aryl methyl sites for hydroxylation is 3. The minimum absolute atomic E-state index is 0. The molecule has 0 amide bonds. The van der Waals surface area contributed by atoms with Crippen molar-refractivity contribution < 1.29 is 51.0 Å². The van der Waals surface area contributed by atoms with Gasteiger partial charge in [0.05, 0.1) is 12.2 Å². The van der Waals surface area contributed by atoms with Crippen LogP contribution in [0.25, 0.3) is 0 Å². The van der Waals surface area contributed by atoms with E-state index in [2.05, 4.69) is 71.7 Å². The van der Waals surface area contributed by atoms with Gasteiger partial charge >= 0.3 is 5.97 Å². The van der Waals surface area contributed by atoms with E-state index in [0.29, 0.717) is 13.2 Å². The fraction of sp³-hybridized carbons (Fsp3) is 0.265. The van der Waals surface area contributed by atoms with Gasteiger partial charge in [0.15, 0.2) is 0 Å². The minimum atomic E-state index is -2.33. The van der Waals surface area contributed by atoms with E-state index in [4.69, 9.17) is 0 Å².